The fourth-order valence-corrected chi connectivity index (χ4v) is 2.25. The maximum atomic E-state index is 11.2. The molecule has 0 aromatic rings. The zero-order valence-corrected chi connectivity index (χ0v) is 9.07. The Labute approximate surface area is 81.1 Å². The molecule has 0 amide bonds. The number of rotatable bonds is 8. The predicted molar refractivity (Wildman–Crippen MR) is 56.6 cm³/mol. The van der Waals surface area contributed by atoms with Crippen LogP contribution < -0.4 is 5.32 Å². The van der Waals surface area contributed by atoms with Crippen LogP contribution in [0.5, 0.6) is 0 Å². The second-order valence-corrected chi connectivity index (χ2v) is 5.28. The first-order valence-electron chi connectivity index (χ1n) is 4.64. The lowest BCUT2D eigenvalue weighted by atomic mass is 10.4. The molecule has 3 nitrogen and oxygen atoms in total. The average molecular weight is 205 g/mol. The summed E-state index contributed by atoms with van der Waals surface area (Å²) in [6.07, 6.45) is 3.40. The number of nitrogens with one attached hydrogen (secondary N) is 1. The average Bonchev–Trinajstić information content (AvgIpc) is 2.04. The van der Waals surface area contributed by atoms with Gasteiger partial charge in [-0.25, -0.2) is 8.42 Å². The lowest BCUT2D eigenvalue weighted by Crippen LogP contribution is -2.24. The smallest absolute Gasteiger partial charge is 0.151 e. The van der Waals surface area contributed by atoms with Crippen LogP contribution in [0.25, 0.3) is 0 Å². The van der Waals surface area contributed by atoms with Crippen LogP contribution in [0.1, 0.15) is 19.8 Å². The third-order valence-corrected chi connectivity index (χ3v) is 3.49. The van der Waals surface area contributed by atoms with Gasteiger partial charge in [-0.2, -0.15) is 0 Å². The highest BCUT2D eigenvalue weighted by molar-refractivity contribution is 7.91. The van der Waals surface area contributed by atoms with Crippen molar-refractivity contribution in [1.82, 2.24) is 5.32 Å². The summed E-state index contributed by atoms with van der Waals surface area (Å²) in [5.41, 5.74) is 0. The molecule has 13 heavy (non-hydrogen) atoms. The van der Waals surface area contributed by atoms with Gasteiger partial charge in [0, 0.05) is 12.3 Å². The van der Waals surface area contributed by atoms with E-state index in [1.807, 2.05) is 13.0 Å². The van der Waals surface area contributed by atoms with Gasteiger partial charge in [-0.15, -0.1) is 6.58 Å². The van der Waals surface area contributed by atoms with Crippen molar-refractivity contribution < 1.29 is 8.42 Å². The summed E-state index contributed by atoms with van der Waals surface area (Å²) >= 11 is 0. The van der Waals surface area contributed by atoms with E-state index in [0.29, 0.717) is 18.7 Å². The van der Waals surface area contributed by atoms with Gasteiger partial charge in [0.25, 0.3) is 0 Å². The summed E-state index contributed by atoms with van der Waals surface area (Å²) in [6.45, 7) is 6.82. The fraction of sp³-hybridized carbons (Fsp3) is 0.778. The van der Waals surface area contributed by atoms with Gasteiger partial charge in [-0.3, -0.25) is 0 Å². The Morgan fingerprint density at radius 1 is 1.31 bits per heavy atom. The number of hydrogen-bond acceptors (Lipinski definition) is 3. The molecular weight excluding hydrogens is 186 g/mol. The molecule has 1 N–H and O–H groups in total. The van der Waals surface area contributed by atoms with Crippen LogP contribution in [0.2, 0.25) is 0 Å². The molecule has 4 heteroatoms. The van der Waals surface area contributed by atoms with E-state index in [0.717, 1.165) is 13.0 Å². The molecular formula is C9H19NO2S. The van der Waals surface area contributed by atoms with Crippen LogP contribution in [0.3, 0.4) is 0 Å². The van der Waals surface area contributed by atoms with Crippen LogP contribution in [0.15, 0.2) is 12.7 Å². The molecule has 0 heterocycles. The molecule has 0 aliphatic rings. The summed E-state index contributed by atoms with van der Waals surface area (Å²) in [7, 11) is -2.81. The van der Waals surface area contributed by atoms with Gasteiger partial charge in [-0.05, 0) is 19.4 Å². The van der Waals surface area contributed by atoms with Gasteiger partial charge in [0.2, 0.25) is 0 Å². The first kappa shape index (κ1) is 12.7. The zero-order chi connectivity index (χ0) is 10.2. The van der Waals surface area contributed by atoms with Crippen LogP contribution in [-0.2, 0) is 9.84 Å². The molecule has 0 saturated carbocycles. The van der Waals surface area contributed by atoms with E-state index in [1.54, 1.807) is 0 Å². The van der Waals surface area contributed by atoms with Crippen LogP contribution >= 0.6 is 0 Å². The van der Waals surface area contributed by atoms with Crippen LogP contribution in [-0.4, -0.2) is 33.0 Å². The maximum Gasteiger partial charge on any atom is 0.151 e. The fourth-order valence-electron chi connectivity index (χ4n) is 0.970. The van der Waals surface area contributed by atoms with Gasteiger partial charge in [-0.1, -0.05) is 13.0 Å². The summed E-state index contributed by atoms with van der Waals surface area (Å²) < 4.78 is 22.4. The predicted octanol–water partition coefficient (Wildman–Crippen LogP) is 0.977. The molecule has 0 radical (unpaired) electrons. The van der Waals surface area contributed by atoms with Crippen molar-refractivity contribution in [1.29, 1.82) is 0 Å². The molecule has 0 rings (SSSR count). The van der Waals surface area contributed by atoms with Gasteiger partial charge < -0.3 is 5.32 Å². The van der Waals surface area contributed by atoms with E-state index in [4.69, 9.17) is 0 Å². The maximum absolute atomic E-state index is 11.2. The number of sulfone groups is 1. The Kier molecular flexibility index (Phi) is 6.90. The van der Waals surface area contributed by atoms with E-state index >= 15 is 0 Å². The molecule has 0 saturated heterocycles. The summed E-state index contributed by atoms with van der Waals surface area (Å²) in [5.74, 6) is 0.550. The van der Waals surface area contributed by atoms with Crippen molar-refractivity contribution in [2.75, 3.05) is 24.6 Å². The number of hydrogen-bond donors (Lipinski definition) is 1. The molecule has 0 unspecified atom stereocenters. The van der Waals surface area contributed by atoms with Gasteiger partial charge in [0.1, 0.15) is 0 Å². The minimum absolute atomic E-state index is 0.248. The van der Waals surface area contributed by atoms with Gasteiger partial charge in [0.15, 0.2) is 9.84 Å². The normalized spacial score (nSPS) is 11.5. The molecule has 0 atom stereocenters. The summed E-state index contributed by atoms with van der Waals surface area (Å²) in [4.78, 5) is 0. The highest BCUT2D eigenvalue weighted by Crippen LogP contribution is 1.91. The van der Waals surface area contributed by atoms with Crippen molar-refractivity contribution in [2.24, 2.45) is 0 Å². The SMILES string of the molecule is C=CCCNCCS(=O)(=O)CCC. The minimum atomic E-state index is -2.81. The first-order chi connectivity index (χ1) is 6.12. The molecule has 0 aromatic heterocycles. The van der Waals surface area contributed by atoms with E-state index in [-0.39, 0.29) is 5.75 Å². The van der Waals surface area contributed by atoms with Crippen molar-refractivity contribution >= 4 is 9.84 Å². The lowest BCUT2D eigenvalue weighted by Gasteiger charge is -2.03. The van der Waals surface area contributed by atoms with Gasteiger partial charge >= 0.3 is 0 Å². The monoisotopic (exact) mass is 205 g/mol. The summed E-state index contributed by atoms with van der Waals surface area (Å²) in [6, 6.07) is 0. The molecule has 0 fully saturated rings. The van der Waals surface area contributed by atoms with E-state index in [2.05, 4.69) is 11.9 Å². The molecule has 0 bridgehead atoms. The molecule has 0 aliphatic heterocycles. The topological polar surface area (TPSA) is 46.2 Å². The van der Waals surface area contributed by atoms with E-state index in [9.17, 15) is 8.42 Å². The Balaban J connectivity index is 3.46. The Morgan fingerprint density at radius 3 is 2.54 bits per heavy atom. The highest BCUT2D eigenvalue weighted by Gasteiger charge is 2.07. The Morgan fingerprint density at radius 2 is 2.00 bits per heavy atom. The quantitative estimate of drug-likeness (QED) is 0.474. The first-order valence-corrected chi connectivity index (χ1v) is 6.46. The third kappa shape index (κ3) is 7.99. The molecule has 0 aromatic carbocycles. The van der Waals surface area contributed by atoms with Crippen molar-refractivity contribution in [3.63, 3.8) is 0 Å². The third-order valence-electron chi connectivity index (χ3n) is 1.63. The van der Waals surface area contributed by atoms with E-state index in [1.165, 1.54) is 0 Å². The minimum Gasteiger partial charge on any atom is -0.315 e. The zero-order valence-electron chi connectivity index (χ0n) is 8.25. The van der Waals surface area contributed by atoms with E-state index < -0.39 is 9.84 Å². The van der Waals surface area contributed by atoms with Crippen LogP contribution in [0, 0.1) is 0 Å². The van der Waals surface area contributed by atoms with Crippen LogP contribution in [0.4, 0.5) is 0 Å². The van der Waals surface area contributed by atoms with Crippen molar-refractivity contribution in [2.45, 2.75) is 19.8 Å². The Hall–Kier alpha value is -0.350. The molecule has 0 aliphatic carbocycles. The highest BCUT2D eigenvalue weighted by atomic mass is 32.2. The summed E-state index contributed by atoms with van der Waals surface area (Å²) in [5, 5.41) is 3.05. The molecule has 78 valence electrons. The lowest BCUT2D eigenvalue weighted by molar-refractivity contribution is 0.590. The second kappa shape index (κ2) is 7.09. The van der Waals surface area contributed by atoms with Crippen molar-refractivity contribution in [3.8, 4) is 0 Å². The van der Waals surface area contributed by atoms with Crippen molar-refractivity contribution in [3.05, 3.63) is 12.7 Å². The largest absolute Gasteiger partial charge is 0.315 e. The van der Waals surface area contributed by atoms with Gasteiger partial charge in [0.05, 0.1) is 5.75 Å². The Bertz CT molecular complexity index is 222. The standard InChI is InChI=1S/C9H19NO2S/c1-3-5-6-10-7-9-13(11,12)8-4-2/h3,10H,1,4-9H2,2H3. The molecule has 0 spiro atoms. The second-order valence-electron chi connectivity index (χ2n) is 2.98.